The van der Waals surface area contributed by atoms with Crippen LogP contribution >= 0.6 is 11.8 Å². The van der Waals surface area contributed by atoms with Gasteiger partial charge in [-0.25, -0.2) is 4.98 Å². The van der Waals surface area contributed by atoms with E-state index in [0.29, 0.717) is 12.4 Å². The number of alkyl halides is 3. The molecule has 1 fully saturated rings. The molecule has 0 aliphatic heterocycles. The lowest BCUT2D eigenvalue weighted by Crippen LogP contribution is -2.40. The Morgan fingerprint density at radius 2 is 2.11 bits per heavy atom. The Morgan fingerprint density at radius 3 is 2.61 bits per heavy atom. The van der Waals surface area contributed by atoms with Crippen LogP contribution in [-0.2, 0) is 6.18 Å². The molecule has 1 aromatic rings. The Bertz CT molecular complexity index is 411. The van der Waals surface area contributed by atoms with Gasteiger partial charge in [-0.2, -0.15) is 24.9 Å². The van der Waals surface area contributed by atoms with Crippen LogP contribution in [0, 0.1) is 0 Å². The van der Waals surface area contributed by atoms with Gasteiger partial charge >= 0.3 is 6.18 Å². The van der Waals surface area contributed by atoms with E-state index >= 15 is 0 Å². The van der Waals surface area contributed by atoms with Crippen LogP contribution in [0.1, 0.15) is 25.0 Å². The van der Waals surface area contributed by atoms with Gasteiger partial charge in [0, 0.05) is 11.3 Å². The van der Waals surface area contributed by atoms with E-state index in [0.717, 1.165) is 18.9 Å². The van der Waals surface area contributed by atoms with Crippen molar-refractivity contribution in [3.63, 3.8) is 0 Å². The number of anilines is 1. The van der Waals surface area contributed by atoms with Crippen molar-refractivity contribution in [3.05, 3.63) is 23.9 Å². The molecule has 1 heterocycles. The van der Waals surface area contributed by atoms with Gasteiger partial charge in [0.1, 0.15) is 11.5 Å². The number of thioether (sulfide) groups is 1. The van der Waals surface area contributed by atoms with E-state index in [1.165, 1.54) is 12.5 Å². The summed E-state index contributed by atoms with van der Waals surface area (Å²) in [6.45, 7) is 0.669. The minimum Gasteiger partial charge on any atom is -0.369 e. The number of hydrogen-bond acceptors (Lipinski definition) is 3. The maximum absolute atomic E-state index is 12.5. The maximum Gasteiger partial charge on any atom is 0.433 e. The van der Waals surface area contributed by atoms with Crippen LogP contribution in [0.2, 0.25) is 0 Å². The fraction of sp³-hybridized carbons (Fsp3) is 0.583. The number of halogens is 3. The van der Waals surface area contributed by atoms with Gasteiger partial charge in [0.05, 0.1) is 0 Å². The zero-order chi connectivity index (χ0) is 13.2. The van der Waals surface area contributed by atoms with E-state index in [1.807, 2.05) is 6.26 Å². The van der Waals surface area contributed by atoms with Crippen LogP contribution < -0.4 is 5.32 Å². The number of hydrogen-bond donors (Lipinski definition) is 1. The number of nitrogens with zero attached hydrogens (tertiary/aromatic N) is 1. The van der Waals surface area contributed by atoms with Gasteiger partial charge in [-0.3, -0.25) is 0 Å². The molecule has 0 amide bonds. The first kappa shape index (κ1) is 13.5. The molecule has 6 heteroatoms. The van der Waals surface area contributed by atoms with Crippen molar-refractivity contribution in [3.8, 4) is 0 Å². The monoisotopic (exact) mass is 276 g/mol. The van der Waals surface area contributed by atoms with E-state index in [1.54, 1.807) is 17.8 Å². The highest BCUT2D eigenvalue weighted by Crippen LogP contribution is 2.42. The van der Waals surface area contributed by atoms with Crippen molar-refractivity contribution >= 4 is 17.6 Å². The highest BCUT2D eigenvalue weighted by Gasteiger charge is 2.36. The quantitative estimate of drug-likeness (QED) is 0.905. The van der Waals surface area contributed by atoms with E-state index in [9.17, 15) is 13.2 Å². The second-order valence-electron chi connectivity index (χ2n) is 4.50. The number of nitrogens with one attached hydrogen (secondary N) is 1. The van der Waals surface area contributed by atoms with Crippen LogP contribution in [0.3, 0.4) is 0 Å². The molecule has 0 spiro atoms. The van der Waals surface area contributed by atoms with Crippen molar-refractivity contribution in [2.24, 2.45) is 0 Å². The summed E-state index contributed by atoms with van der Waals surface area (Å²) in [5.74, 6) is 0.296. The summed E-state index contributed by atoms with van der Waals surface area (Å²) in [4.78, 5) is 3.59. The number of aromatic nitrogens is 1. The van der Waals surface area contributed by atoms with Crippen molar-refractivity contribution in [2.75, 3.05) is 18.1 Å². The lowest BCUT2D eigenvalue weighted by atomic mass is 9.84. The molecular formula is C12H15F3N2S. The van der Waals surface area contributed by atoms with Crippen LogP contribution in [0.15, 0.2) is 18.2 Å². The molecule has 0 unspecified atom stereocenters. The van der Waals surface area contributed by atoms with E-state index in [4.69, 9.17) is 0 Å². The second-order valence-corrected chi connectivity index (χ2v) is 5.77. The minimum absolute atomic E-state index is 0.177. The molecule has 0 bridgehead atoms. The molecule has 1 saturated carbocycles. The average molecular weight is 276 g/mol. The van der Waals surface area contributed by atoms with Crippen LogP contribution in [0.25, 0.3) is 0 Å². The Labute approximate surface area is 108 Å². The van der Waals surface area contributed by atoms with Crippen LogP contribution in [0.5, 0.6) is 0 Å². The smallest absolute Gasteiger partial charge is 0.369 e. The summed E-state index contributed by atoms with van der Waals surface area (Å²) in [6.07, 6.45) is 1.07. The Hall–Kier alpha value is -0.910. The summed E-state index contributed by atoms with van der Waals surface area (Å²) in [5, 5.41) is 3.02. The summed E-state index contributed by atoms with van der Waals surface area (Å²) >= 11 is 1.78. The zero-order valence-electron chi connectivity index (χ0n) is 10.0. The molecule has 2 rings (SSSR count). The molecule has 0 radical (unpaired) electrons. The highest BCUT2D eigenvalue weighted by atomic mass is 32.2. The standard InChI is InChI=1S/C12H15F3N2S/c1-18-11(6-3-7-11)8-16-10-5-2-4-9(17-10)12(13,14)15/h2,4-5H,3,6-8H2,1H3,(H,16,17). The summed E-state index contributed by atoms with van der Waals surface area (Å²) in [7, 11) is 0. The van der Waals surface area contributed by atoms with Gasteiger partial charge in [-0.1, -0.05) is 12.5 Å². The average Bonchev–Trinajstić information content (AvgIpc) is 2.27. The normalized spacial score (nSPS) is 18.2. The first-order valence-electron chi connectivity index (χ1n) is 5.78. The molecular weight excluding hydrogens is 261 g/mol. The molecule has 1 N–H and O–H groups in total. The fourth-order valence-electron chi connectivity index (χ4n) is 1.97. The zero-order valence-corrected chi connectivity index (χ0v) is 10.9. The second kappa shape index (κ2) is 4.99. The maximum atomic E-state index is 12.5. The number of rotatable bonds is 4. The molecule has 0 saturated heterocycles. The highest BCUT2D eigenvalue weighted by molar-refractivity contribution is 8.00. The van der Waals surface area contributed by atoms with Crippen molar-refractivity contribution in [2.45, 2.75) is 30.2 Å². The summed E-state index contributed by atoms with van der Waals surface area (Å²) in [5.41, 5.74) is -0.848. The van der Waals surface area contributed by atoms with Crippen LogP contribution in [-0.4, -0.2) is 22.5 Å². The van der Waals surface area contributed by atoms with E-state index in [2.05, 4.69) is 10.3 Å². The van der Waals surface area contributed by atoms with Gasteiger partial charge in [0.25, 0.3) is 0 Å². The summed E-state index contributed by atoms with van der Waals surface area (Å²) in [6, 6.07) is 3.94. The van der Waals surface area contributed by atoms with Crippen LogP contribution in [0.4, 0.5) is 19.0 Å². The van der Waals surface area contributed by atoms with Crippen molar-refractivity contribution in [1.82, 2.24) is 4.98 Å². The third-order valence-corrected chi connectivity index (χ3v) is 4.75. The van der Waals surface area contributed by atoms with Gasteiger partial charge in [0.15, 0.2) is 0 Å². The summed E-state index contributed by atoms with van der Waals surface area (Å²) < 4.78 is 37.7. The fourth-order valence-corrected chi connectivity index (χ4v) is 2.88. The van der Waals surface area contributed by atoms with Gasteiger partial charge in [-0.15, -0.1) is 0 Å². The predicted octanol–water partition coefficient (Wildman–Crippen LogP) is 3.80. The molecule has 1 aromatic heterocycles. The third-order valence-electron chi connectivity index (χ3n) is 3.33. The predicted molar refractivity (Wildman–Crippen MR) is 67.8 cm³/mol. The lowest BCUT2D eigenvalue weighted by molar-refractivity contribution is -0.141. The topological polar surface area (TPSA) is 24.9 Å². The molecule has 0 atom stereocenters. The Morgan fingerprint density at radius 1 is 1.39 bits per heavy atom. The Kier molecular flexibility index (Phi) is 3.75. The lowest BCUT2D eigenvalue weighted by Gasteiger charge is -2.40. The largest absolute Gasteiger partial charge is 0.433 e. The molecule has 1 aliphatic rings. The first-order valence-corrected chi connectivity index (χ1v) is 7.01. The molecule has 0 aromatic carbocycles. The first-order chi connectivity index (χ1) is 8.45. The minimum atomic E-state index is -4.38. The molecule has 2 nitrogen and oxygen atoms in total. The Balaban J connectivity index is 2.01. The number of pyridine rings is 1. The van der Waals surface area contributed by atoms with Crippen molar-refractivity contribution in [1.29, 1.82) is 0 Å². The van der Waals surface area contributed by atoms with Crippen molar-refractivity contribution < 1.29 is 13.2 Å². The SMILES string of the molecule is CSC1(CNc2cccc(C(F)(F)F)n2)CCC1. The van der Waals surface area contributed by atoms with E-state index in [-0.39, 0.29) is 4.75 Å². The molecule has 100 valence electrons. The molecule has 18 heavy (non-hydrogen) atoms. The third kappa shape index (κ3) is 2.91. The van der Waals surface area contributed by atoms with E-state index < -0.39 is 11.9 Å². The van der Waals surface area contributed by atoms with Gasteiger partial charge in [0.2, 0.25) is 0 Å². The van der Waals surface area contributed by atoms with Gasteiger partial charge in [-0.05, 0) is 31.2 Å². The van der Waals surface area contributed by atoms with Gasteiger partial charge < -0.3 is 5.32 Å². The molecule has 1 aliphatic carbocycles.